The van der Waals surface area contributed by atoms with Gasteiger partial charge in [0, 0.05) is 24.0 Å². The minimum atomic E-state index is -0.156. The third-order valence-corrected chi connectivity index (χ3v) is 3.20. The molecule has 0 fully saturated rings. The van der Waals surface area contributed by atoms with Crippen LogP contribution in [0.4, 0.5) is 11.5 Å². The first kappa shape index (κ1) is 15.1. The molecular formula is C16H22N4O. The van der Waals surface area contributed by atoms with Gasteiger partial charge in [-0.25, -0.2) is 0 Å². The standard InChI is InChI=1S/C16H22N4O/c1-4-9-17-13-8-6-5-7-12(13)16(21)18-15-10-14(11(2)3)19-20-15/h5-8,10-11,17H,4,9H2,1-3H3,(H2,18,19,20,21). The van der Waals surface area contributed by atoms with Crippen LogP contribution < -0.4 is 10.6 Å². The van der Waals surface area contributed by atoms with Gasteiger partial charge < -0.3 is 10.6 Å². The summed E-state index contributed by atoms with van der Waals surface area (Å²) < 4.78 is 0. The first-order chi connectivity index (χ1) is 10.1. The van der Waals surface area contributed by atoms with Crippen molar-refractivity contribution in [2.75, 3.05) is 17.2 Å². The topological polar surface area (TPSA) is 69.8 Å². The second-order valence-electron chi connectivity index (χ2n) is 5.29. The SMILES string of the molecule is CCCNc1ccccc1C(=O)Nc1cc(C(C)C)[nH]n1. The van der Waals surface area contributed by atoms with Crippen molar-refractivity contribution in [1.29, 1.82) is 0 Å². The summed E-state index contributed by atoms with van der Waals surface area (Å²) in [6, 6.07) is 9.36. The fourth-order valence-electron chi connectivity index (χ4n) is 1.98. The lowest BCUT2D eigenvalue weighted by molar-refractivity contribution is 0.102. The van der Waals surface area contributed by atoms with Crippen LogP contribution in [0.15, 0.2) is 30.3 Å². The van der Waals surface area contributed by atoms with Gasteiger partial charge in [0.05, 0.1) is 5.56 Å². The molecule has 21 heavy (non-hydrogen) atoms. The highest BCUT2D eigenvalue weighted by molar-refractivity contribution is 6.07. The van der Waals surface area contributed by atoms with Crippen LogP contribution in [0.1, 0.15) is 49.2 Å². The molecule has 5 heteroatoms. The van der Waals surface area contributed by atoms with Crippen LogP contribution in [0.3, 0.4) is 0 Å². The van der Waals surface area contributed by atoms with Crippen LogP contribution in [0.2, 0.25) is 0 Å². The number of benzene rings is 1. The first-order valence-corrected chi connectivity index (χ1v) is 7.31. The Balaban J connectivity index is 2.12. The largest absolute Gasteiger partial charge is 0.384 e. The lowest BCUT2D eigenvalue weighted by Gasteiger charge is -2.10. The Kier molecular flexibility index (Phi) is 4.98. The second kappa shape index (κ2) is 6.92. The van der Waals surface area contributed by atoms with Gasteiger partial charge in [-0.15, -0.1) is 0 Å². The number of carbonyl (C=O) groups excluding carboxylic acids is 1. The van der Waals surface area contributed by atoms with E-state index in [9.17, 15) is 4.79 Å². The highest BCUT2D eigenvalue weighted by atomic mass is 16.1. The smallest absolute Gasteiger partial charge is 0.258 e. The van der Waals surface area contributed by atoms with Crippen molar-refractivity contribution < 1.29 is 4.79 Å². The molecule has 2 rings (SSSR count). The van der Waals surface area contributed by atoms with Crippen molar-refractivity contribution >= 4 is 17.4 Å². The molecule has 5 nitrogen and oxygen atoms in total. The Hall–Kier alpha value is -2.30. The van der Waals surface area contributed by atoms with Gasteiger partial charge in [0.1, 0.15) is 0 Å². The molecule has 0 spiro atoms. The summed E-state index contributed by atoms with van der Waals surface area (Å²) in [5.74, 6) is 0.742. The zero-order chi connectivity index (χ0) is 15.2. The highest BCUT2D eigenvalue weighted by Gasteiger charge is 2.13. The van der Waals surface area contributed by atoms with Gasteiger partial charge in [0.25, 0.3) is 5.91 Å². The lowest BCUT2D eigenvalue weighted by Crippen LogP contribution is -2.15. The molecule has 0 aliphatic carbocycles. The summed E-state index contributed by atoms with van der Waals surface area (Å²) in [4.78, 5) is 12.4. The number of hydrogen-bond acceptors (Lipinski definition) is 3. The third kappa shape index (κ3) is 3.84. The van der Waals surface area contributed by atoms with Crippen LogP contribution in [0.5, 0.6) is 0 Å². The number of nitrogens with zero attached hydrogens (tertiary/aromatic N) is 1. The minimum absolute atomic E-state index is 0.156. The van der Waals surface area contributed by atoms with E-state index in [0.29, 0.717) is 17.3 Å². The normalized spacial score (nSPS) is 10.7. The first-order valence-electron chi connectivity index (χ1n) is 7.31. The number of para-hydroxylation sites is 1. The number of rotatable bonds is 6. The summed E-state index contributed by atoms with van der Waals surface area (Å²) in [6.45, 7) is 7.07. The van der Waals surface area contributed by atoms with Gasteiger partial charge in [-0.3, -0.25) is 9.89 Å². The highest BCUT2D eigenvalue weighted by Crippen LogP contribution is 2.18. The quantitative estimate of drug-likeness (QED) is 0.759. The molecular weight excluding hydrogens is 264 g/mol. The summed E-state index contributed by atoms with van der Waals surface area (Å²) in [6.07, 6.45) is 1.01. The fraction of sp³-hybridized carbons (Fsp3) is 0.375. The summed E-state index contributed by atoms with van der Waals surface area (Å²) in [7, 11) is 0. The average Bonchev–Trinajstić information content (AvgIpc) is 2.94. The van der Waals surface area contributed by atoms with E-state index in [1.54, 1.807) is 0 Å². The summed E-state index contributed by atoms with van der Waals surface area (Å²) in [5.41, 5.74) is 2.47. The Morgan fingerprint density at radius 2 is 2.10 bits per heavy atom. The molecule has 0 atom stereocenters. The second-order valence-corrected chi connectivity index (χ2v) is 5.29. The number of hydrogen-bond donors (Lipinski definition) is 3. The van der Waals surface area contributed by atoms with Gasteiger partial charge in [0.2, 0.25) is 0 Å². The van der Waals surface area contributed by atoms with Crippen LogP contribution in [0.25, 0.3) is 0 Å². The molecule has 1 aromatic heterocycles. The Labute approximate surface area is 125 Å². The van der Waals surface area contributed by atoms with E-state index in [4.69, 9.17) is 0 Å². The number of aromatic nitrogens is 2. The molecule has 0 bridgehead atoms. The molecule has 1 heterocycles. The number of amides is 1. The fourth-order valence-corrected chi connectivity index (χ4v) is 1.98. The molecule has 0 aliphatic rings. The van der Waals surface area contributed by atoms with E-state index in [1.807, 2.05) is 30.3 Å². The van der Waals surface area contributed by atoms with E-state index < -0.39 is 0 Å². The number of H-pyrrole nitrogens is 1. The van der Waals surface area contributed by atoms with E-state index in [-0.39, 0.29) is 5.91 Å². The van der Waals surface area contributed by atoms with Gasteiger partial charge in [-0.05, 0) is 24.5 Å². The van der Waals surface area contributed by atoms with E-state index in [2.05, 4.69) is 41.6 Å². The molecule has 0 saturated heterocycles. The molecule has 0 unspecified atom stereocenters. The molecule has 3 N–H and O–H groups in total. The summed E-state index contributed by atoms with van der Waals surface area (Å²) in [5, 5.41) is 13.1. The van der Waals surface area contributed by atoms with Crippen LogP contribution in [-0.4, -0.2) is 22.6 Å². The minimum Gasteiger partial charge on any atom is -0.384 e. The maximum Gasteiger partial charge on any atom is 0.258 e. The third-order valence-electron chi connectivity index (χ3n) is 3.20. The number of anilines is 2. The zero-order valence-electron chi connectivity index (χ0n) is 12.7. The van der Waals surface area contributed by atoms with Crippen molar-refractivity contribution in [3.05, 3.63) is 41.6 Å². The molecule has 2 aromatic rings. The van der Waals surface area contributed by atoms with E-state index in [0.717, 1.165) is 24.3 Å². The Morgan fingerprint density at radius 1 is 1.33 bits per heavy atom. The van der Waals surface area contributed by atoms with Crippen molar-refractivity contribution in [2.24, 2.45) is 0 Å². The predicted octanol–water partition coefficient (Wildman–Crippen LogP) is 3.61. The van der Waals surface area contributed by atoms with Gasteiger partial charge in [0.15, 0.2) is 5.82 Å². The van der Waals surface area contributed by atoms with Crippen LogP contribution >= 0.6 is 0 Å². The molecule has 0 radical (unpaired) electrons. The van der Waals surface area contributed by atoms with Crippen molar-refractivity contribution in [1.82, 2.24) is 10.2 Å². The predicted molar refractivity (Wildman–Crippen MR) is 85.9 cm³/mol. The molecule has 1 amide bonds. The molecule has 112 valence electrons. The van der Waals surface area contributed by atoms with Gasteiger partial charge in [-0.2, -0.15) is 5.10 Å². The zero-order valence-corrected chi connectivity index (χ0v) is 12.7. The monoisotopic (exact) mass is 286 g/mol. The van der Waals surface area contributed by atoms with E-state index >= 15 is 0 Å². The Bertz CT molecular complexity index is 604. The average molecular weight is 286 g/mol. The maximum absolute atomic E-state index is 12.4. The number of aromatic amines is 1. The lowest BCUT2D eigenvalue weighted by atomic mass is 10.1. The van der Waals surface area contributed by atoms with Gasteiger partial charge in [-0.1, -0.05) is 32.9 Å². The van der Waals surface area contributed by atoms with Crippen molar-refractivity contribution in [3.63, 3.8) is 0 Å². The van der Waals surface area contributed by atoms with Crippen molar-refractivity contribution in [2.45, 2.75) is 33.1 Å². The molecule has 0 aliphatic heterocycles. The Morgan fingerprint density at radius 3 is 2.76 bits per heavy atom. The maximum atomic E-state index is 12.4. The molecule has 0 saturated carbocycles. The number of carbonyl (C=O) groups is 1. The van der Waals surface area contributed by atoms with Gasteiger partial charge >= 0.3 is 0 Å². The summed E-state index contributed by atoms with van der Waals surface area (Å²) >= 11 is 0. The van der Waals surface area contributed by atoms with E-state index in [1.165, 1.54) is 0 Å². The van der Waals surface area contributed by atoms with Crippen molar-refractivity contribution in [3.8, 4) is 0 Å². The van der Waals surface area contributed by atoms with Crippen LogP contribution in [0, 0.1) is 0 Å². The number of nitrogens with one attached hydrogen (secondary N) is 3. The molecule has 1 aromatic carbocycles. The van der Waals surface area contributed by atoms with Crippen LogP contribution in [-0.2, 0) is 0 Å².